The van der Waals surface area contributed by atoms with Crippen LogP contribution in [0.5, 0.6) is 17.2 Å². The summed E-state index contributed by atoms with van der Waals surface area (Å²) in [6, 6.07) is 9.34. The lowest BCUT2D eigenvalue weighted by Crippen LogP contribution is -2.39. The first-order chi connectivity index (χ1) is 16.6. The van der Waals surface area contributed by atoms with Crippen molar-refractivity contribution >= 4 is 22.9 Å². The van der Waals surface area contributed by atoms with Crippen molar-refractivity contribution in [1.29, 1.82) is 0 Å². The van der Waals surface area contributed by atoms with Crippen LogP contribution in [-0.2, 0) is 16.0 Å². The van der Waals surface area contributed by atoms with Gasteiger partial charge in [-0.15, -0.1) is 6.58 Å². The summed E-state index contributed by atoms with van der Waals surface area (Å²) in [5.74, 6) is 1.36. The molecule has 0 radical (unpaired) electrons. The van der Waals surface area contributed by atoms with Crippen LogP contribution >= 0.6 is 0 Å². The van der Waals surface area contributed by atoms with Crippen molar-refractivity contribution in [3.8, 4) is 17.2 Å². The number of fused-ring (bicyclic) bond motifs is 1. The molecule has 0 unspecified atom stereocenters. The maximum absolute atomic E-state index is 13.9. The van der Waals surface area contributed by atoms with Gasteiger partial charge in [-0.3, -0.25) is 9.36 Å². The van der Waals surface area contributed by atoms with Crippen LogP contribution in [0.4, 0.5) is 4.79 Å². The van der Waals surface area contributed by atoms with Gasteiger partial charge in [0.1, 0.15) is 17.8 Å². The average molecular weight is 460 g/mol. The van der Waals surface area contributed by atoms with Crippen LogP contribution in [0.3, 0.4) is 0 Å². The lowest BCUT2D eigenvalue weighted by atomic mass is 9.85. The van der Waals surface area contributed by atoms with Gasteiger partial charge in [0.05, 0.1) is 12.1 Å². The molecule has 1 aromatic heterocycles. The highest BCUT2D eigenvalue weighted by molar-refractivity contribution is 6.01. The van der Waals surface area contributed by atoms with Gasteiger partial charge in [-0.05, 0) is 48.7 Å². The number of aromatic nitrogens is 1. The van der Waals surface area contributed by atoms with Crippen molar-refractivity contribution in [1.82, 2.24) is 9.47 Å². The fourth-order valence-corrected chi connectivity index (χ4v) is 5.22. The van der Waals surface area contributed by atoms with Crippen LogP contribution in [0.15, 0.2) is 49.2 Å². The molecule has 3 aromatic rings. The Bertz CT molecular complexity index is 1340. The number of nitrogens with zero attached hydrogens (tertiary/aromatic N) is 2. The largest absolute Gasteiger partial charge is 0.484 e. The van der Waals surface area contributed by atoms with Crippen LogP contribution in [0.1, 0.15) is 35.6 Å². The third-order valence-electron chi connectivity index (χ3n) is 6.68. The highest BCUT2D eigenvalue weighted by atomic mass is 16.7. The molecule has 6 rings (SSSR count). The van der Waals surface area contributed by atoms with E-state index in [9.17, 15) is 9.59 Å². The van der Waals surface area contributed by atoms with Gasteiger partial charge in [-0.1, -0.05) is 12.1 Å². The van der Waals surface area contributed by atoms with Crippen molar-refractivity contribution in [2.75, 3.05) is 26.5 Å². The van der Waals surface area contributed by atoms with E-state index in [1.165, 1.54) is 4.57 Å². The smallest absolute Gasteiger partial charge is 0.418 e. The van der Waals surface area contributed by atoms with E-state index >= 15 is 0 Å². The molecule has 0 aliphatic carbocycles. The van der Waals surface area contributed by atoms with Gasteiger partial charge >= 0.3 is 6.09 Å². The van der Waals surface area contributed by atoms with E-state index in [1.807, 2.05) is 36.5 Å². The number of hydrogen-bond donors (Lipinski definition) is 0. The third-order valence-corrected chi connectivity index (χ3v) is 6.68. The molecule has 174 valence electrons. The predicted octanol–water partition coefficient (Wildman–Crippen LogP) is 4.16. The first-order valence-corrected chi connectivity index (χ1v) is 11.4. The number of hydrogen-bond acceptors (Lipinski definition) is 6. The molecule has 0 fully saturated rings. The molecule has 0 bridgehead atoms. The van der Waals surface area contributed by atoms with E-state index in [4.69, 9.17) is 18.9 Å². The molecule has 8 nitrogen and oxygen atoms in total. The molecule has 3 aliphatic rings. The van der Waals surface area contributed by atoms with Crippen molar-refractivity contribution in [3.05, 3.63) is 65.9 Å². The normalized spacial score (nSPS) is 20.1. The molecule has 2 atom stereocenters. The molecule has 0 saturated carbocycles. The Morgan fingerprint density at radius 3 is 2.85 bits per heavy atom. The van der Waals surface area contributed by atoms with Gasteiger partial charge < -0.3 is 23.8 Å². The number of carbonyl (C=O) groups excluding carboxylic acids is 2. The number of amides is 1. The molecule has 1 amide bonds. The van der Waals surface area contributed by atoms with Gasteiger partial charge in [0.15, 0.2) is 11.5 Å². The van der Waals surface area contributed by atoms with Crippen molar-refractivity contribution < 1.29 is 28.5 Å². The quantitative estimate of drug-likeness (QED) is 0.544. The highest BCUT2D eigenvalue weighted by Gasteiger charge is 2.45. The monoisotopic (exact) mass is 460 g/mol. The van der Waals surface area contributed by atoms with Crippen LogP contribution in [0, 0.1) is 0 Å². The SMILES string of the molecule is C=CCN1CCc2cn(C(=O)OCC)c3ccc4c(c23)[C@H](C1=O)[C@@H](c1ccc2c(c1)OCO2)O4. The Balaban J connectivity index is 1.54. The molecular formula is C26H24N2O6. The van der Waals surface area contributed by atoms with Gasteiger partial charge in [-0.25, -0.2) is 4.79 Å². The van der Waals surface area contributed by atoms with Crippen molar-refractivity contribution in [3.63, 3.8) is 0 Å². The molecule has 8 heteroatoms. The molecule has 4 heterocycles. The second-order valence-electron chi connectivity index (χ2n) is 8.55. The average Bonchev–Trinajstić information content (AvgIpc) is 3.54. The van der Waals surface area contributed by atoms with E-state index in [2.05, 4.69) is 6.58 Å². The molecule has 0 saturated heterocycles. The Morgan fingerprint density at radius 2 is 2.03 bits per heavy atom. The molecule has 3 aliphatic heterocycles. The minimum absolute atomic E-state index is 0.0247. The van der Waals surface area contributed by atoms with Gasteiger partial charge in [0, 0.05) is 30.2 Å². The Morgan fingerprint density at radius 1 is 1.21 bits per heavy atom. The van der Waals surface area contributed by atoms with E-state index < -0.39 is 18.1 Å². The van der Waals surface area contributed by atoms with E-state index in [-0.39, 0.29) is 19.3 Å². The third kappa shape index (κ3) is 2.98. The summed E-state index contributed by atoms with van der Waals surface area (Å²) in [5, 5.41) is 0.894. The maximum Gasteiger partial charge on any atom is 0.418 e. The molecule has 34 heavy (non-hydrogen) atoms. The maximum atomic E-state index is 13.9. The lowest BCUT2D eigenvalue weighted by Gasteiger charge is -2.29. The first-order valence-electron chi connectivity index (χ1n) is 11.4. The summed E-state index contributed by atoms with van der Waals surface area (Å²) in [5.41, 5.74) is 3.35. The minimum Gasteiger partial charge on any atom is -0.484 e. The summed E-state index contributed by atoms with van der Waals surface area (Å²) >= 11 is 0. The topological polar surface area (TPSA) is 79.2 Å². The van der Waals surface area contributed by atoms with Crippen LogP contribution in [0.2, 0.25) is 0 Å². The summed E-state index contributed by atoms with van der Waals surface area (Å²) in [6.45, 7) is 7.01. The van der Waals surface area contributed by atoms with Crippen LogP contribution in [0.25, 0.3) is 10.9 Å². The van der Waals surface area contributed by atoms with Crippen LogP contribution < -0.4 is 14.2 Å². The zero-order chi connectivity index (χ0) is 23.4. The highest BCUT2D eigenvalue weighted by Crippen LogP contribution is 2.52. The van der Waals surface area contributed by atoms with Gasteiger partial charge in [0.2, 0.25) is 12.7 Å². The van der Waals surface area contributed by atoms with Crippen molar-refractivity contribution in [2.24, 2.45) is 0 Å². The van der Waals surface area contributed by atoms with E-state index in [0.29, 0.717) is 36.8 Å². The molecule has 0 spiro atoms. The fraction of sp³-hybridized carbons (Fsp3) is 0.308. The zero-order valence-corrected chi connectivity index (χ0v) is 18.8. The lowest BCUT2D eigenvalue weighted by molar-refractivity contribution is -0.133. The Labute approximate surface area is 196 Å². The number of carbonyl (C=O) groups is 2. The fourth-order valence-electron chi connectivity index (χ4n) is 5.22. The number of ether oxygens (including phenoxy) is 4. The van der Waals surface area contributed by atoms with Crippen LogP contribution in [-0.4, -0.2) is 48.0 Å². The standard InChI is InChI=1S/C26H24N2O6/c1-3-10-27-11-9-16-13-28(26(30)31-4-2)17-6-8-19-22(21(16)17)23(25(27)29)24(34-19)15-5-7-18-20(12-15)33-14-32-18/h3,5-8,12-13,23-24H,1,4,9-11,14H2,2H3/t23-,24+/m0/s1. The minimum atomic E-state index is -0.573. The summed E-state index contributed by atoms with van der Waals surface area (Å²) in [7, 11) is 0. The number of benzene rings is 2. The Hall–Kier alpha value is -3.94. The van der Waals surface area contributed by atoms with Crippen molar-refractivity contribution in [2.45, 2.75) is 25.4 Å². The first kappa shape index (κ1) is 20.7. The molecular weight excluding hydrogens is 436 g/mol. The summed E-state index contributed by atoms with van der Waals surface area (Å²) in [6.07, 6.45) is 3.20. The van der Waals surface area contributed by atoms with Gasteiger partial charge in [0.25, 0.3) is 0 Å². The second kappa shape index (κ2) is 7.83. The second-order valence-corrected chi connectivity index (χ2v) is 8.55. The summed E-state index contributed by atoms with van der Waals surface area (Å²) < 4.78 is 24.3. The van der Waals surface area contributed by atoms with E-state index in [1.54, 1.807) is 17.9 Å². The van der Waals surface area contributed by atoms with Gasteiger partial charge in [-0.2, -0.15) is 0 Å². The Kier molecular flexibility index (Phi) is 4.76. The zero-order valence-electron chi connectivity index (χ0n) is 18.8. The molecule has 0 N–H and O–H groups in total. The molecule has 2 aromatic carbocycles. The van der Waals surface area contributed by atoms with E-state index in [0.717, 1.165) is 27.6 Å². The predicted molar refractivity (Wildman–Crippen MR) is 124 cm³/mol. The summed E-state index contributed by atoms with van der Waals surface area (Å²) in [4.78, 5) is 28.4. The number of rotatable bonds is 4.